The van der Waals surface area contributed by atoms with Crippen molar-refractivity contribution in [2.75, 3.05) is 36.9 Å². The number of nitrogens with zero attached hydrogens (tertiary/aromatic N) is 3. The van der Waals surface area contributed by atoms with Gasteiger partial charge in [0.2, 0.25) is 16.4 Å². The number of carbonyl (C=O) groups is 1. The van der Waals surface area contributed by atoms with Crippen molar-refractivity contribution in [1.29, 1.82) is 0 Å². The van der Waals surface area contributed by atoms with E-state index in [0.29, 0.717) is 30.2 Å². The van der Waals surface area contributed by atoms with Crippen LogP contribution in [0.15, 0.2) is 41.6 Å². The zero-order valence-electron chi connectivity index (χ0n) is 21.0. The molecular weight excluding hydrogens is 450 g/mol. The Hall–Kier alpha value is -2.65. The van der Waals surface area contributed by atoms with Gasteiger partial charge in [0.1, 0.15) is 5.65 Å². The molecule has 8 nitrogen and oxygen atoms in total. The highest BCUT2D eigenvalue weighted by Gasteiger charge is 2.32. The average molecular weight is 490 g/mol. The maximum absolute atomic E-state index is 13.2. The van der Waals surface area contributed by atoms with E-state index in [0.717, 1.165) is 48.9 Å². The minimum atomic E-state index is -3.56. The van der Waals surface area contributed by atoms with Gasteiger partial charge in [0.25, 0.3) is 0 Å². The van der Waals surface area contributed by atoms with Crippen molar-refractivity contribution in [1.82, 2.24) is 14.3 Å². The summed E-state index contributed by atoms with van der Waals surface area (Å²) in [5.41, 5.74) is 2.21. The van der Waals surface area contributed by atoms with Gasteiger partial charge in [-0.3, -0.25) is 4.79 Å². The molecule has 34 heavy (non-hydrogen) atoms. The quantitative estimate of drug-likeness (QED) is 0.365. The van der Waals surface area contributed by atoms with E-state index >= 15 is 0 Å². The molecule has 0 saturated carbocycles. The van der Waals surface area contributed by atoms with Crippen LogP contribution in [0.25, 0.3) is 11.0 Å². The first-order valence-corrected chi connectivity index (χ1v) is 13.6. The predicted octanol–water partition coefficient (Wildman–Crippen LogP) is 4.90. The zero-order chi connectivity index (χ0) is 25.1. The van der Waals surface area contributed by atoms with Crippen molar-refractivity contribution < 1.29 is 13.2 Å². The highest BCUT2D eigenvalue weighted by Crippen LogP contribution is 2.34. The van der Waals surface area contributed by atoms with Gasteiger partial charge in [0, 0.05) is 38.3 Å². The molecule has 1 unspecified atom stereocenters. The number of hydrogen-bond donors (Lipinski definition) is 2. The summed E-state index contributed by atoms with van der Waals surface area (Å²) in [7, 11) is -1.77. The van der Waals surface area contributed by atoms with Crippen LogP contribution >= 0.6 is 0 Å². The van der Waals surface area contributed by atoms with Crippen LogP contribution in [0.4, 0.5) is 11.4 Å². The van der Waals surface area contributed by atoms with Crippen molar-refractivity contribution in [2.24, 2.45) is 5.92 Å². The number of carbonyl (C=O) groups excluding carboxylic acids is 1. The molecule has 3 rings (SSSR count). The Morgan fingerprint density at radius 3 is 2.79 bits per heavy atom. The molecule has 188 valence electrons. The number of rotatable bonds is 10. The second-order valence-corrected chi connectivity index (χ2v) is 9.96. The van der Waals surface area contributed by atoms with E-state index in [4.69, 9.17) is 0 Å². The first-order chi connectivity index (χ1) is 16.5. The smallest absolute Gasteiger partial charge is 0.242 e. The summed E-state index contributed by atoms with van der Waals surface area (Å²) in [6.45, 7) is 9.14. The van der Waals surface area contributed by atoms with E-state index < -0.39 is 10.0 Å². The summed E-state index contributed by atoms with van der Waals surface area (Å²) in [5, 5.41) is 3.96. The molecule has 1 aliphatic rings. The Morgan fingerprint density at radius 2 is 2.15 bits per heavy atom. The fourth-order valence-electron chi connectivity index (χ4n) is 4.19. The van der Waals surface area contributed by atoms with Gasteiger partial charge >= 0.3 is 0 Å². The monoisotopic (exact) mass is 489 g/mol. The van der Waals surface area contributed by atoms with Crippen LogP contribution in [-0.2, 0) is 14.8 Å². The molecule has 0 radical (unpaired) electrons. The molecule has 1 saturated heterocycles. The molecule has 0 spiro atoms. The third kappa shape index (κ3) is 6.27. The highest BCUT2D eigenvalue weighted by atomic mass is 32.2. The van der Waals surface area contributed by atoms with Crippen LogP contribution in [0.2, 0.25) is 0 Å². The van der Waals surface area contributed by atoms with E-state index in [1.165, 1.54) is 0 Å². The Kier molecular flexibility index (Phi) is 10.8. The third-order valence-electron chi connectivity index (χ3n) is 5.84. The fraction of sp³-hybridized carbons (Fsp3) is 0.520. The maximum Gasteiger partial charge on any atom is 0.242 e. The Balaban J connectivity index is 0.00000199. The standard InChI is InChI=1S/C23H33N5O3S.C2H6/c1-4-6-7-10-19(5-2)32(30,31)28-13-8-9-18(16-28)15-27(17-29)22-20-11-12-25-23(20)26-14-21(22)24-3;1-2/h5,7,10-12,14,17-18,24H,4,6,8-9,13,15-16H2,1-3H3,(H,25,26);1-2H3/b10-7-,19-5+;. The number of amides is 1. The summed E-state index contributed by atoms with van der Waals surface area (Å²) >= 11 is 0. The molecule has 2 aromatic heterocycles. The minimum absolute atomic E-state index is 0.0355. The molecule has 9 heteroatoms. The topological polar surface area (TPSA) is 98.4 Å². The first-order valence-electron chi connectivity index (χ1n) is 12.1. The Labute approximate surface area is 204 Å². The lowest BCUT2D eigenvalue weighted by Gasteiger charge is -2.34. The van der Waals surface area contributed by atoms with Crippen molar-refractivity contribution in [3.8, 4) is 0 Å². The van der Waals surface area contributed by atoms with Crippen molar-refractivity contribution >= 4 is 38.8 Å². The molecule has 1 atom stereocenters. The Morgan fingerprint density at radius 1 is 1.38 bits per heavy atom. The van der Waals surface area contributed by atoms with E-state index in [9.17, 15) is 13.2 Å². The van der Waals surface area contributed by atoms with Crippen molar-refractivity contribution in [2.45, 2.75) is 53.4 Å². The summed E-state index contributed by atoms with van der Waals surface area (Å²) < 4.78 is 28.0. The molecule has 1 amide bonds. The molecule has 0 aromatic carbocycles. The normalized spacial score (nSPS) is 17.4. The van der Waals surface area contributed by atoms with Gasteiger partial charge in [-0.05, 0) is 44.2 Å². The van der Waals surface area contributed by atoms with E-state index in [1.54, 1.807) is 47.7 Å². The number of allylic oxidation sites excluding steroid dienone is 3. The number of aromatic amines is 1. The number of H-pyrrole nitrogens is 1. The lowest BCUT2D eigenvalue weighted by atomic mass is 9.99. The van der Waals surface area contributed by atoms with Gasteiger partial charge in [0.15, 0.2) is 0 Å². The van der Waals surface area contributed by atoms with Crippen LogP contribution in [0.1, 0.15) is 53.4 Å². The average Bonchev–Trinajstić information content (AvgIpc) is 3.35. The van der Waals surface area contributed by atoms with Crippen LogP contribution in [0.5, 0.6) is 0 Å². The molecule has 2 N–H and O–H groups in total. The fourth-order valence-corrected chi connectivity index (χ4v) is 5.83. The number of sulfonamides is 1. The molecule has 1 fully saturated rings. The van der Waals surface area contributed by atoms with Gasteiger partial charge in [-0.25, -0.2) is 13.4 Å². The number of hydrogen-bond acceptors (Lipinski definition) is 5. The van der Waals surface area contributed by atoms with Gasteiger partial charge in [-0.1, -0.05) is 39.3 Å². The summed E-state index contributed by atoms with van der Waals surface area (Å²) in [4.78, 5) is 21.6. The van der Waals surface area contributed by atoms with Gasteiger partial charge in [0.05, 0.1) is 22.5 Å². The molecule has 2 aromatic rings. The molecular formula is C25H39N5O3S. The number of fused-ring (bicyclic) bond motifs is 1. The number of unbranched alkanes of at least 4 members (excludes halogenated alkanes) is 1. The highest BCUT2D eigenvalue weighted by molar-refractivity contribution is 7.93. The second kappa shape index (κ2) is 13.3. The van der Waals surface area contributed by atoms with E-state index in [1.807, 2.05) is 26.0 Å². The van der Waals surface area contributed by atoms with Gasteiger partial charge in [-0.15, -0.1) is 0 Å². The maximum atomic E-state index is 13.2. The zero-order valence-corrected chi connectivity index (χ0v) is 21.9. The number of anilines is 2. The van der Waals surface area contributed by atoms with Crippen molar-refractivity contribution in [3.05, 3.63) is 41.6 Å². The predicted molar refractivity (Wildman–Crippen MR) is 141 cm³/mol. The largest absolute Gasteiger partial charge is 0.385 e. The van der Waals surface area contributed by atoms with Crippen LogP contribution in [0, 0.1) is 5.92 Å². The van der Waals surface area contributed by atoms with Crippen LogP contribution in [0.3, 0.4) is 0 Å². The molecule has 0 aliphatic carbocycles. The minimum Gasteiger partial charge on any atom is -0.385 e. The van der Waals surface area contributed by atoms with Crippen LogP contribution in [-0.4, -0.2) is 55.8 Å². The van der Waals surface area contributed by atoms with E-state index in [-0.39, 0.29) is 5.92 Å². The van der Waals surface area contributed by atoms with E-state index in [2.05, 4.69) is 22.2 Å². The third-order valence-corrected chi connectivity index (χ3v) is 7.82. The number of pyridine rings is 1. The van der Waals surface area contributed by atoms with Crippen molar-refractivity contribution in [3.63, 3.8) is 0 Å². The summed E-state index contributed by atoms with van der Waals surface area (Å²) in [6, 6.07) is 1.90. The first kappa shape index (κ1) is 27.6. The Bertz CT molecular complexity index is 1090. The summed E-state index contributed by atoms with van der Waals surface area (Å²) in [6.07, 6.45) is 13.0. The lowest BCUT2D eigenvalue weighted by Crippen LogP contribution is -2.44. The van der Waals surface area contributed by atoms with Gasteiger partial charge < -0.3 is 15.2 Å². The van der Waals surface area contributed by atoms with Crippen LogP contribution < -0.4 is 10.2 Å². The number of aromatic nitrogens is 2. The number of piperidine rings is 1. The molecule has 1 aliphatic heterocycles. The SMILES string of the molecule is C/C=C(\C=C/CCC)S(=O)(=O)N1CCCC(CN(C=O)c2c(NC)cnc3[nH]ccc23)C1.CC. The second-order valence-electron chi connectivity index (χ2n) is 8.02. The molecule has 3 heterocycles. The molecule has 0 bridgehead atoms. The summed E-state index contributed by atoms with van der Waals surface area (Å²) in [5.74, 6) is 0.0355. The van der Waals surface area contributed by atoms with Gasteiger partial charge in [-0.2, -0.15) is 4.31 Å². The number of nitrogens with one attached hydrogen (secondary N) is 2. The lowest BCUT2D eigenvalue weighted by molar-refractivity contribution is -0.107.